The molecule has 2 aromatic carbocycles. The zero-order valence-corrected chi connectivity index (χ0v) is 16.9. The van der Waals surface area contributed by atoms with Crippen LogP contribution in [-0.2, 0) is 33.8 Å². The lowest BCUT2D eigenvalue weighted by Crippen LogP contribution is -2.52. The van der Waals surface area contributed by atoms with Crippen LogP contribution < -0.4 is 5.32 Å². The first-order valence-electron chi connectivity index (χ1n) is 10.2. The Kier molecular flexibility index (Phi) is 5.48. The minimum atomic E-state index is -0.610. The van der Waals surface area contributed by atoms with E-state index in [9.17, 15) is 19.2 Å². The molecule has 1 saturated heterocycles. The molecule has 6 heteroatoms. The molecule has 0 radical (unpaired) electrons. The van der Waals surface area contributed by atoms with Gasteiger partial charge in [-0.05, 0) is 48.1 Å². The van der Waals surface area contributed by atoms with Crippen LogP contribution in [0.4, 0.5) is 0 Å². The van der Waals surface area contributed by atoms with Gasteiger partial charge in [-0.15, -0.1) is 0 Å². The fourth-order valence-corrected chi connectivity index (χ4v) is 4.18. The average Bonchev–Trinajstić information content (AvgIpc) is 3.04. The topological polar surface area (TPSA) is 83.6 Å². The molecule has 3 amide bonds. The van der Waals surface area contributed by atoms with Crippen LogP contribution in [0, 0.1) is 6.92 Å². The van der Waals surface area contributed by atoms with Gasteiger partial charge in [-0.25, -0.2) is 0 Å². The first-order valence-corrected chi connectivity index (χ1v) is 10.2. The maximum absolute atomic E-state index is 12.7. The number of ketones is 1. The molecule has 2 aliphatic rings. The fourth-order valence-electron chi connectivity index (χ4n) is 4.18. The summed E-state index contributed by atoms with van der Waals surface area (Å²) in [6.07, 6.45) is 2.08. The largest absolute Gasteiger partial charge is 0.322 e. The van der Waals surface area contributed by atoms with Crippen LogP contribution in [0.25, 0.3) is 0 Å². The molecule has 1 N–H and O–H groups in total. The Morgan fingerprint density at radius 1 is 1.13 bits per heavy atom. The monoisotopic (exact) mass is 404 g/mol. The molecule has 0 bridgehead atoms. The third-order valence-electron chi connectivity index (χ3n) is 5.93. The molecule has 6 nitrogen and oxygen atoms in total. The molecule has 1 unspecified atom stereocenters. The van der Waals surface area contributed by atoms with Crippen molar-refractivity contribution in [1.82, 2.24) is 10.2 Å². The van der Waals surface area contributed by atoms with Crippen molar-refractivity contribution >= 4 is 23.5 Å². The quantitative estimate of drug-likeness (QED) is 0.750. The van der Waals surface area contributed by atoms with Gasteiger partial charge < -0.3 is 4.90 Å². The number of nitrogens with zero attached hydrogens (tertiary/aromatic N) is 1. The van der Waals surface area contributed by atoms with E-state index < -0.39 is 11.9 Å². The van der Waals surface area contributed by atoms with Gasteiger partial charge in [0.2, 0.25) is 11.8 Å². The molecule has 0 aliphatic carbocycles. The van der Waals surface area contributed by atoms with Crippen LogP contribution in [0.2, 0.25) is 0 Å². The lowest BCUT2D eigenvalue weighted by Gasteiger charge is -2.29. The van der Waals surface area contributed by atoms with Crippen molar-refractivity contribution in [2.45, 2.75) is 51.6 Å². The third-order valence-corrected chi connectivity index (χ3v) is 5.93. The zero-order valence-electron chi connectivity index (χ0n) is 16.9. The van der Waals surface area contributed by atoms with Crippen molar-refractivity contribution in [2.24, 2.45) is 0 Å². The van der Waals surface area contributed by atoms with E-state index in [1.54, 1.807) is 11.0 Å². The molecule has 2 heterocycles. The molecular formula is C24H24N2O4. The molecule has 1 fully saturated rings. The van der Waals surface area contributed by atoms with E-state index in [2.05, 4.69) is 5.32 Å². The van der Waals surface area contributed by atoms with Crippen molar-refractivity contribution in [3.63, 3.8) is 0 Å². The number of rotatable bonds is 6. The Morgan fingerprint density at radius 2 is 1.93 bits per heavy atom. The summed E-state index contributed by atoms with van der Waals surface area (Å²) >= 11 is 0. The number of nitrogens with one attached hydrogen (secondary N) is 1. The minimum Gasteiger partial charge on any atom is -0.322 e. The molecule has 154 valence electrons. The van der Waals surface area contributed by atoms with Gasteiger partial charge in [0.25, 0.3) is 5.91 Å². The highest BCUT2D eigenvalue weighted by atomic mass is 16.2. The Morgan fingerprint density at radius 3 is 2.70 bits per heavy atom. The van der Waals surface area contributed by atoms with Crippen molar-refractivity contribution in [3.8, 4) is 0 Å². The second kappa shape index (κ2) is 8.22. The number of fused-ring (bicyclic) bond motifs is 1. The van der Waals surface area contributed by atoms with Gasteiger partial charge >= 0.3 is 0 Å². The summed E-state index contributed by atoms with van der Waals surface area (Å²) in [5.74, 6) is -0.694. The molecular weight excluding hydrogens is 380 g/mol. The first-order chi connectivity index (χ1) is 14.4. The standard InChI is InChI=1S/C24H24N2O4/c1-15-4-2-3-5-17(15)13-19(27)8-6-16-7-9-20-18(12-16)14-26(24(20)30)21-10-11-22(28)25-23(21)29/h2-5,7,9,12,21H,6,8,10-11,13-14H2,1H3,(H,25,28,29). The predicted molar refractivity (Wildman–Crippen MR) is 111 cm³/mol. The van der Waals surface area contributed by atoms with Crippen LogP contribution in [0.5, 0.6) is 0 Å². The van der Waals surface area contributed by atoms with E-state index in [1.807, 2.05) is 43.3 Å². The van der Waals surface area contributed by atoms with E-state index in [4.69, 9.17) is 0 Å². The fraction of sp³-hybridized carbons (Fsp3) is 0.333. The van der Waals surface area contributed by atoms with E-state index in [1.165, 1.54) is 0 Å². The number of imide groups is 1. The summed E-state index contributed by atoms with van der Waals surface area (Å²) in [6, 6.07) is 12.9. The summed E-state index contributed by atoms with van der Waals surface area (Å²) in [5, 5.41) is 2.31. The van der Waals surface area contributed by atoms with Gasteiger partial charge in [-0.1, -0.05) is 36.4 Å². The van der Waals surface area contributed by atoms with Crippen molar-refractivity contribution in [3.05, 3.63) is 70.3 Å². The maximum Gasteiger partial charge on any atom is 0.255 e. The number of carbonyl (C=O) groups is 4. The van der Waals surface area contributed by atoms with Crippen LogP contribution in [-0.4, -0.2) is 34.4 Å². The van der Waals surface area contributed by atoms with Crippen molar-refractivity contribution in [1.29, 1.82) is 0 Å². The molecule has 2 aliphatic heterocycles. The van der Waals surface area contributed by atoms with Gasteiger partial charge in [0.15, 0.2) is 0 Å². The Bertz CT molecular complexity index is 1040. The SMILES string of the molecule is Cc1ccccc1CC(=O)CCc1ccc2c(c1)CN(C1CCC(=O)NC1=O)C2=O. The second-order valence-corrected chi connectivity index (χ2v) is 8.03. The molecule has 2 aromatic rings. The van der Waals surface area contributed by atoms with Crippen molar-refractivity contribution < 1.29 is 19.2 Å². The number of aryl methyl sites for hydroxylation is 2. The van der Waals surface area contributed by atoms with Crippen LogP contribution >= 0.6 is 0 Å². The first kappa shape index (κ1) is 20.0. The van der Waals surface area contributed by atoms with Gasteiger partial charge in [0.05, 0.1) is 0 Å². The molecule has 4 rings (SSSR count). The van der Waals surface area contributed by atoms with Crippen LogP contribution in [0.15, 0.2) is 42.5 Å². The highest BCUT2D eigenvalue weighted by Gasteiger charge is 2.39. The number of carbonyl (C=O) groups excluding carboxylic acids is 4. The van der Waals surface area contributed by atoms with Gasteiger partial charge in [0, 0.05) is 31.4 Å². The average molecular weight is 404 g/mol. The molecule has 30 heavy (non-hydrogen) atoms. The zero-order chi connectivity index (χ0) is 21.3. The van der Waals surface area contributed by atoms with Crippen molar-refractivity contribution in [2.75, 3.05) is 0 Å². The van der Waals surface area contributed by atoms with E-state index >= 15 is 0 Å². The molecule has 1 atom stereocenters. The smallest absolute Gasteiger partial charge is 0.255 e. The van der Waals surface area contributed by atoms with Gasteiger partial charge in [0.1, 0.15) is 11.8 Å². The van der Waals surface area contributed by atoms with Gasteiger partial charge in [-0.2, -0.15) is 0 Å². The van der Waals surface area contributed by atoms with Crippen LogP contribution in [0.1, 0.15) is 51.9 Å². The number of benzene rings is 2. The summed E-state index contributed by atoms with van der Waals surface area (Å²) < 4.78 is 0. The summed E-state index contributed by atoms with van der Waals surface area (Å²) in [7, 11) is 0. The van der Waals surface area contributed by atoms with Crippen LogP contribution in [0.3, 0.4) is 0 Å². The highest BCUT2D eigenvalue weighted by Crippen LogP contribution is 2.28. The second-order valence-electron chi connectivity index (χ2n) is 8.03. The molecule has 0 spiro atoms. The Balaban J connectivity index is 1.39. The Hall–Kier alpha value is -3.28. The molecule has 0 saturated carbocycles. The van der Waals surface area contributed by atoms with Gasteiger partial charge in [-0.3, -0.25) is 24.5 Å². The lowest BCUT2D eigenvalue weighted by atomic mass is 9.98. The van der Waals surface area contributed by atoms with E-state index in [0.717, 1.165) is 22.3 Å². The third kappa shape index (κ3) is 4.03. The van der Waals surface area contributed by atoms with E-state index in [0.29, 0.717) is 37.8 Å². The minimum absolute atomic E-state index is 0.179. The van der Waals surface area contributed by atoms with E-state index in [-0.39, 0.29) is 24.0 Å². The summed E-state index contributed by atoms with van der Waals surface area (Å²) in [6.45, 7) is 2.36. The maximum atomic E-state index is 12.7. The lowest BCUT2D eigenvalue weighted by molar-refractivity contribution is -0.137. The molecule has 0 aromatic heterocycles. The number of piperidine rings is 1. The number of hydrogen-bond acceptors (Lipinski definition) is 4. The highest BCUT2D eigenvalue weighted by molar-refractivity contribution is 6.05. The predicted octanol–water partition coefficient (Wildman–Crippen LogP) is 2.50. The Labute approximate surface area is 175 Å². The number of Topliss-reactive ketones (excluding diaryl/α,β-unsaturated/α-hetero) is 1. The normalized spacial score (nSPS) is 18.4. The summed E-state index contributed by atoms with van der Waals surface area (Å²) in [4.78, 5) is 50.2. The number of hydrogen-bond donors (Lipinski definition) is 1. The summed E-state index contributed by atoms with van der Waals surface area (Å²) in [5.41, 5.74) is 4.64. The number of amides is 3.